The predicted octanol–water partition coefficient (Wildman–Crippen LogP) is -3.46. The standard InChI is InChI=1S/C7H18N2O5/c1-14-7(4(11)2-9-8)6(13)5(12)3-10/h4-7,9-13H,2-3,8H2,1H3/t4-,5+,6+,7+/m0/s1/i1D. The van der Waals surface area contributed by atoms with Crippen LogP contribution in [0.2, 0.25) is 0 Å². The summed E-state index contributed by atoms with van der Waals surface area (Å²) in [6.07, 6.45) is -5.28. The van der Waals surface area contributed by atoms with E-state index in [1.165, 1.54) is 0 Å². The molecule has 0 aliphatic heterocycles. The fourth-order valence-electron chi connectivity index (χ4n) is 1.00. The van der Waals surface area contributed by atoms with E-state index in [2.05, 4.69) is 5.43 Å². The van der Waals surface area contributed by atoms with Crippen molar-refractivity contribution in [2.45, 2.75) is 24.4 Å². The molecule has 0 aromatic carbocycles. The molecular weight excluding hydrogens is 192 g/mol. The Morgan fingerprint density at radius 1 is 1.43 bits per heavy atom. The van der Waals surface area contributed by atoms with Gasteiger partial charge >= 0.3 is 0 Å². The molecule has 7 nitrogen and oxygen atoms in total. The average molecular weight is 211 g/mol. The Balaban J connectivity index is 4.34. The Kier molecular flexibility index (Phi) is 5.96. The molecule has 0 bridgehead atoms. The number of hydrazine groups is 1. The van der Waals surface area contributed by atoms with Crippen molar-refractivity contribution >= 4 is 0 Å². The third-order valence-electron chi connectivity index (χ3n) is 1.82. The lowest BCUT2D eigenvalue weighted by Gasteiger charge is -2.28. The van der Waals surface area contributed by atoms with Gasteiger partial charge in [-0.05, 0) is 0 Å². The highest BCUT2D eigenvalue weighted by atomic mass is 16.5. The molecule has 0 radical (unpaired) electrons. The van der Waals surface area contributed by atoms with Gasteiger partial charge in [-0.2, -0.15) is 0 Å². The number of methoxy groups -OCH3 is 1. The first-order chi connectivity index (χ1) is 7.08. The summed E-state index contributed by atoms with van der Waals surface area (Å²) in [5.74, 6) is 4.97. The van der Waals surface area contributed by atoms with E-state index in [0.29, 0.717) is 0 Å². The van der Waals surface area contributed by atoms with Crippen molar-refractivity contribution in [2.75, 3.05) is 20.2 Å². The molecule has 86 valence electrons. The Bertz CT molecular complexity index is 164. The van der Waals surface area contributed by atoms with Gasteiger partial charge in [-0.1, -0.05) is 0 Å². The number of ether oxygens (including phenoxy) is 1. The monoisotopic (exact) mass is 211 g/mol. The summed E-state index contributed by atoms with van der Waals surface area (Å²) >= 11 is 0. The molecule has 0 rings (SSSR count). The molecule has 0 saturated heterocycles. The van der Waals surface area contributed by atoms with Crippen molar-refractivity contribution < 1.29 is 26.5 Å². The zero-order chi connectivity index (χ0) is 11.8. The van der Waals surface area contributed by atoms with Crippen LogP contribution in [-0.4, -0.2) is 65.1 Å². The minimum Gasteiger partial charge on any atom is -0.394 e. The maximum absolute atomic E-state index is 9.46. The quantitative estimate of drug-likeness (QED) is 0.191. The van der Waals surface area contributed by atoms with Gasteiger partial charge in [0.1, 0.15) is 18.3 Å². The SMILES string of the molecule is [2H]CO[C@@H]([C@H](O)[C@H](O)CO)[C@@H](O)CNN. The third-order valence-corrected chi connectivity index (χ3v) is 1.82. The number of aliphatic hydroxyl groups is 4. The lowest BCUT2D eigenvalue weighted by molar-refractivity contribution is -0.127. The summed E-state index contributed by atoms with van der Waals surface area (Å²) in [6, 6.07) is 0. The second-order valence-corrected chi connectivity index (χ2v) is 2.85. The van der Waals surface area contributed by atoms with Crippen LogP contribution >= 0.6 is 0 Å². The summed E-state index contributed by atoms with van der Waals surface area (Å²) in [4.78, 5) is 0. The van der Waals surface area contributed by atoms with Gasteiger partial charge in [-0.3, -0.25) is 11.3 Å². The molecule has 0 heterocycles. The van der Waals surface area contributed by atoms with Crippen molar-refractivity contribution in [1.29, 1.82) is 0 Å². The predicted molar refractivity (Wildman–Crippen MR) is 48.1 cm³/mol. The summed E-state index contributed by atoms with van der Waals surface area (Å²) in [5.41, 5.74) is 2.17. The lowest BCUT2D eigenvalue weighted by atomic mass is 10.0. The first-order valence-corrected chi connectivity index (χ1v) is 4.07. The molecule has 14 heavy (non-hydrogen) atoms. The van der Waals surface area contributed by atoms with Crippen LogP contribution in [0.25, 0.3) is 0 Å². The van der Waals surface area contributed by atoms with Crippen LogP contribution in [0, 0.1) is 0 Å². The Morgan fingerprint density at radius 3 is 2.50 bits per heavy atom. The van der Waals surface area contributed by atoms with Crippen LogP contribution in [-0.2, 0) is 4.74 Å². The second-order valence-electron chi connectivity index (χ2n) is 2.85. The number of nitrogens with two attached hydrogens (primary N) is 1. The molecule has 0 spiro atoms. The highest BCUT2D eigenvalue weighted by Crippen LogP contribution is 2.08. The molecule has 0 aliphatic carbocycles. The minimum atomic E-state index is -1.48. The maximum atomic E-state index is 9.46. The number of hydrogen-bond donors (Lipinski definition) is 6. The largest absolute Gasteiger partial charge is 0.394 e. The van der Waals surface area contributed by atoms with Crippen LogP contribution in [0.1, 0.15) is 1.37 Å². The van der Waals surface area contributed by atoms with Gasteiger partial charge in [-0.25, -0.2) is 0 Å². The number of hydrogen-bond acceptors (Lipinski definition) is 7. The molecule has 0 aromatic heterocycles. The van der Waals surface area contributed by atoms with Gasteiger partial charge in [0, 0.05) is 13.6 Å². The van der Waals surface area contributed by atoms with E-state index in [4.69, 9.17) is 22.2 Å². The molecule has 7 heteroatoms. The Labute approximate surface area is 83.5 Å². The molecular formula is C7H18N2O5. The first-order valence-electron chi connectivity index (χ1n) is 4.78. The molecule has 0 amide bonds. The van der Waals surface area contributed by atoms with Crippen LogP contribution in [0.15, 0.2) is 0 Å². The van der Waals surface area contributed by atoms with Gasteiger partial charge in [0.25, 0.3) is 0 Å². The van der Waals surface area contributed by atoms with Crippen LogP contribution in [0.4, 0.5) is 0 Å². The van der Waals surface area contributed by atoms with E-state index in [9.17, 15) is 10.2 Å². The molecule has 4 atom stereocenters. The second kappa shape index (κ2) is 7.07. The van der Waals surface area contributed by atoms with Crippen molar-refractivity contribution in [3.05, 3.63) is 0 Å². The fraction of sp³-hybridized carbons (Fsp3) is 1.00. The molecule has 0 aliphatic rings. The van der Waals surface area contributed by atoms with Gasteiger partial charge < -0.3 is 25.2 Å². The molecule has 0 fully saturated rings. The first kappa shape index (κ1) is 11.8. The molecule has 7 N–H and O–H groups in total. The molecule has 0 unspecified atom stereocenters. The summed E-state index contributed by atoms with van der Waals surface area (Å²) in [5, 5.41) is 36.6. The van der Waals surface area contributed by atoms with Crippen LogP contribution < -0.4 is 11.3 Å². The zero-order valence-corrected chi connectivity index (χ0v) is 7.71. The van der Waals surface area contributed by atoms with Crippen LogP contribution in [0.5, 0.6) is 0 Å². The maximum Gasteiger partial charge on any atom is 0.113 e. The van der Waals surface area contributed by atoms with Crippen molar-refractivity contribution in [3.63, 3.8) is 0 Å². The Morgan fingerprint density at radius 2 is 2.07 bits per heavy atom. The normalized spacial score (nSPS) is 21.1. The fourth-order valence-corrected chi connectivity index (χ4v) is 1.00. The van der Waals surface area contributed by atoms with E-state index in [0.717, 1.165) is 0 Å². The highest BCUT2D eigenvalue weighted by molar-refractivity contribution is 4.82. The van der Waals surface area contributed by atoms with Gasteiger partial charge in [0.2, 0.25) is 0 Å². The van der Waals surface area contributed by atoms with Crippen molar-refractivity contribution in [3.8, 4) is 0 Å². The Hall–Kier alpha value is -0.280. The minimum absolute atomic E-state index is 0.0696. The van der Waals surface area contributed by atoms with Gasteiger partial charge in [-0.15, -0.1) is 0 Å². The smallest absolute Gasteiger partial charge is 0.113 e. The van der Waals surface area contributed by atoms with Gasteiger partial charge in [0.15, 0.2) is 0 Å². The molecule has 0 saturated carbocycles. The van der Waals surface area contributed by atoms with Gasteiger partial charge in [0.05, 0.1) is 14.1 Å². The molecule has 0 aromatic rings. The summed E-state index contributed by atoms with van der Waals surface area (Å²) in [6.45, 7) is -0.734. The highest BCUT2D eigenvalue weighted by Gasteiger charge is 2.31. The average Bonchev–Trinajstić information content (AvgIpc) is 2.24. The third kappa shape index (κ3) is 3.84. The van der Waals surface area contributed by atoms with E-state index in [-0.39, 0.29) is 6.54 Å². The number of nitrogens with one attached hydrogen (secondary N) is 1. The van der Waals surface area contributed by atoms with E-state index >= 15 is 0 Å². The van der Waals surface area contributed by atoms with Crippen molar-refractivity contribution in [1.82, 2.24) is 5.43 Å². The number of aliphatic hydroxyl groups excluding tert-OH is 4. The van der Waals surface area contributed by atoms with E-state index < -0.39 is 38.1 Å². The van der Waals surface area contributed by atoms with Crippen molar-refractivity contribution in [2.24, 2.45) is 5.84 Å². The summed E-state index contributed by atoms with van der Waals surface area (Å²) in [7, 11) is -0.485. The zero-order valence-electron chi connectivity index (χ0n) is 8.71. The van der Waals surface area contributed by atoms with E-state index in [1.807, 2.05) is 0 Å². The summed E-state index contributed by atoms with van der Waals surface area (Å²) < 4.78 is 11.6. The topological polar surface area (TPSA) is 128 Å². The lowest BCUT2D eigenvalue weighted by Crippen LogP contribution is -2.50. The number of rotatable bonds is 7. The van der Waals surface area contributed by atoms with E-state index in [1.54, 1.807) is 0 Å². The van der Waals surface area contributed by atoms with Crippen LogP contribution in [0.3, 0.4) is 0 Å².